The number of benzene rings is 1. The van der Waals surface area contributed by atoms with Gasteiger partial charge in [0.2, 0.25) is 0 Å². The van der Waals surface area contributed by atoms with E-state index < -0.39 is 0 Å². The van der Waals surface area contributed by atoms with E-state index in [4.69, 9.17) is 16.3 Å². The van der Waals surface area contributed by atoms with E-state index in [2.05, 4.69) is 62.7 Å². The second-order valence-electron chi connectivity index (χ2n) is 5.84. The highest BCUT2D eigenvalue weighted by molar-refractivity contribution is 9.09. The van der Waals surface area contributed by atoms with Gasteiger partial charge in [-0.1, -0.05) is 40.5 Å². The van der Waals surface area contributed by atoms with Gasteiger partial charge in [0.25, 0.3) is 0 Å². The first-order chi connectivity index (χ1) is 8.82. The fourth-order valence-electron chi connectivity index (χ4n) is 3.11. The Morgan fingerprint density at radius 3 is 2.26 bits per heavy atom. The average molecular weight is 346 g/mol. The van der Waals surface area contributed by atoms with Crippen molar-refractivity contribution in [3.8, 4) is 0 Å². The summed E-state index contributed by atoms with van der Waals surface area (Å²) in [6.07, 6.45) is 0.610. The summed E-state index contributed by atoms with van der Waals surface area (Å²) in [4.78, 5) is 0.318. The van der Waals surface area contributed by atoms with Gasteiger partial charge in [-0.3, -0.25) is 0 Å². The van der Waals surface area contributed by atoms with Crippen LogP contribution in [0.5, 0.6) is 0 Å². The smallest absolute Gasteiger partial charge is 0.0596 e. The molecule has 5 atom stereocenters. The molecule has 19 heavy (non-hydrogen) atoms. The minimum Gasteiger partial charge on any atom is -0.375 e. The predicted molar refractivity (Wildman–Crippen MR) is 85.3 cm³/mol. The normalized spacial score (nSPS) is 32.6. The van der Waals surface area contributed by atoms with Gasteiger partial charge in [-0.15, -0.1) is 0 Å². The SMILES string of the molecule is Cc1cc(C(Br)C2C(C)OC(C)C2C)c(C)cc1Cl. The minimum atomic E-state index is 0.282. The summed E-state index contributed by atoms with van der Waals surface area (Å²) in [5, 5.41) is 0.845. The second kappa shape index (κ2) is 5.75. The lowest BCUT2D eigenvalue weighted by Gasteiger charge is -2.26. The predicted octanol–water partition coefficient (Wildman–Crippen LogP) is 5.45. The number of halogens is 2. The maximum absolute atomic E-state index is 6.19. The highest BCUT2D eigenvalue weighted by atomic mass is 79.9. The molecule has 5 unspecified atom stereocenters. The van der Waals surface area contributed by atoms with Gasteiger partial charge in [0, 0.05) is 15.8 Å². The Balaban J connectivity index is 2.34. The monoisotopic (exact) mass is 344 g/mol. The molecule has 1 aliphatic heterocycles. The van der Waals surface area contributed by atoms with Crippen molar-refractivity contribution in [2.75, 3.05) is 0 Å². The standard InChI is InChI=1S/C16H22BrClO/c1-8-7-14(18)9(2)6-13(8)16(17)15-10(3)11(4)19-12(15)5/h6-7,10-12,15-16H,1-5H3. The summed E-state index contributed by atoms with van der Waals surface area (Å²) in [5.74, 6) is 1.05. The van der Waals surface area contributed by atoms with Crippen LogP contribution in [0.3, 0.4) is 0 Å². The van der Waals surface area contributed by atoms with E-state index >= 15 is 0 Å². The van der Waals surface area contributed by atoms with E-state index in [1.807, 2.05) is 0 Å². The minimum absolute atomic E-state index is 0.282. The Bertz CT molecular complexity index is 474. The number of rotatable bonds is 2. The number of ether oxygens (including phenoxy) is 1. The zero-order valence-electron chi connectivity index (χ0n) is 12.2. The lowest BCUT2D eigenvalue weighted by Crippen LogP contribution is -2.22. The summed E-state index contributed by atoms with van der Waals surface area (Å²) in [6, 6.07) is 4.27. The van der Waals surface area contributed by atoms with Crippen LogP contribution in [0.15, 0.2) is 12.1 Å². The Morgan fingerprint density at radius 2 is 1.74 bits per heavy atom. The molecular weight excluding hydrogens is 324 g/mol. The van der Waals surface area contributed by atoms with Gasteiger partial charge in [0.15, 0.2) is 0 Å². The highest BCUT2D eigenvalue weighted by Crippen LogP contribution is 2.46. The van der Waals surface area contributed by atoms with Crippen molar-refractivity contribution in [1.82, 2.24) is 0 Å². The summed E-state index contributed by atoms with van der Waals surface area (Å²) in [5.41, 5.74) is 3.72. The van der Waals surface area contributed by atoms with Crippen molar-refractivity contribution in [2.45, 2.75) is 51.7 Å². The summed E-state index contributed by atoms with van der Waals surface area (Å²) < 4.78 is 5.97. The highest BCUT2D eigenvalue weighted by Gasteiger charge is 2.41. The van der Waals surface area contributed by atoms with Crippen molar-refractivity contribution in [2.24, 2.45) is 11.8 Å². The van der Waals surface area contributed by atoms with Gasteiger partial charge in [-0.05, 0) is 56.4 Å². The number of hydrogen-bond acceptors (Lipinski definition) is 1. The average Bonchev–Trinajstić information content (AvgIpc) is 2.57. The van der Waals surface area contributed by atoms with E-state index in [0.29, 0.717) is 22.8 Å². The molecule has 0 aromatic heterocycles. The van der Waals surface area contributed by atoms with E-state index in [1.165, 1.54) is 11.1 Å². The molecule has 2 rings (SSSR count). The molecule has 1 aromatic carbocycles. The van der Waals surface area contributed by atoms with Gasteiger partial charge in [0.1, 0.15) is 0 Å². The lowest BCUT2D eigenvalue weighted by molar-refractivity contribution is 0.0511. The van der Waals surface area contributed by atoms with Crippen LogP contribution in [0.1, 0.15) is 42.3 Å². The van der Waals surface area contributed by atoms with Crippen molar-refractivity contribution < 1.29 is 4.74 Å². The van der Waals surface area contributed by atoms with Crippen LogP contribution in [-0.2, 0) is 4.74 Å². The van der Waals surface area contributed by atoms with Crippen LogP contribution in [-0.4, -0.2) is 12.2 Å². The molecule has 1 aliphatic rings. The number of alkyl halides is 1. The molecule has 1 nitrogen and oxygen atoms in total. The van der Waals surface area contributed by atoms with Gasteiger partial charge < -0.3 is 4.74 Å². The van der Waals surface area contributed by atoms with E-state index in [1.54, 1.807) is 0 Å². The zero-order chi connectivity index (χ0) is 14.3. The van der Waals surface area contributed by atoms with E-state index in [0.717, 1.165) is 10.6 Å². The topological polar surface area (TPSA) is 9.23 Å². The van der Waals surface area contributed by atoms with E-state index in [-0.39, 0.29) is 6.10 Å². The second-order valence-corrected chi connectivity index (χ2v) is 7.24. The van der Waals surface area contributed by atoms with Crippen molar-refractivity contribution >= 4 is 27.5 Å². The van der Waals surface area contributed by atoms with Gasteiger partial charge in [-0.25, -0.2) is 0 Å². The molecule has 3 heteroatoms. The Morgan fingerprint density at radius 1 is 1.11 bits per heavy atom. The lowest BCUT2D eigenvalue weighted by atomic mass is 9.83. The molecule has 0 spiro atoms. The van der Waals surface area contributed by atoms with Crippen LogP contribution in [0.25, 0.3) is 0 Å². The van der Waals surface area contributed by atoms with Crippen molar-refractivity contribution in [1.29, 1.82) is 0 Å². The first-order valence-corrected chi connectivity index (χ1v) is 8.18. The third-order valence-electron chi connectivity index (χ3n) is 4.50. The molecule has 0 radical (unpaired) electrons. The number of hydrogen-bond donors (Lipinski definition) is 0. The van der Waals surface area contributed by atoms with E-state index in [9.17, 15) is 0 Å². The molecule has 0 aliphatic carbocycles. The Hall–Kier alpha value is -0.0500. The fraction of sp³-hybridized carbons (Fsp3) is 0.625. The molecular formula is C16H22BrClO. The maximum atomic E-state index is 6.19. The van der Waals surface area contributed by atoms with Crippen LogP contribution < -0.4 is 0 Å². The largest absolute Gasteiger partial charge is 0.375 e. The summed E-state index contributed by atoms with van der Waals surface area (Å²) in [7, 11) is 0. The summed E-state index contributed by atoms with van der Waals surface area (Å²) >= 11 is 10.1. The first kappa shape index (κ1) is 15.3. The third kappa shape index (κ3) is 2.86. The molecule has 0 saturated carbocycles. The molecule has 106 valence electrons. The Labute approximate surface area is 129 Å². The summed E-state index contributed by atoms with van der Waals surface area (Å²) in [6.45, 7) is 10.8. The Kier molecular flexibility index (Phi) is 4.64. The zero-order valence-corrected chi connectivity index (χ0v) is 14.5. The molecule has 0 N–H and O–H groups in total. The van der Waals surface area contributed by atoms with Crippen LogP contribution in [0, 0.1) is 25.7 Å². The molecule has 1 aromatic rings. The maximum Gasteiger partial charge on any atom is 0.0596 e. The third-order valence-corrected chi connectivity index (χ3v) is 6.01. The molecule has 1 fully saturated rings. The van der Waals surface area contributed by atoms with Crippen LogP contribution in [0.2, 0.25) is 5.02 Å². The number of aryl methyl sites for hydroxylation is 2. The van der Waals surface area contributed by atoms with Crippen molar-refractivity contribution in [3.05, 3.63) is 33.8 Å². The molecule has 0 amide bonds. The van der Waals surface area contributed by atoms with Gasteiger partial charge in [0.05, 0.1) is 12.2 Å². The van der Waals surface area contributed by atoms with Gasteiger partial charge >= 0.3 is 0 Å². The molecule has 0 bridgehead atoms. The van der Waals surface area contributed by atoms with Gasteiger partial charge in [-0.2, -0.15) is 0 Å². The first-order valence-electron chi connectivity index (χ1n) is 6.89. The van der Waals surface area contributed by atoms with Crippen LogP contribution >= 0.6 is 27.5 Å². The van der Waals surface area contributed by atoms with Crippen molar-refractivity contribution in [3.63, 3.8) is 0 Å². The van der Waals surface area contributed by atoms with Crippen LogP contribution in [0.4, 0.5) is 0 Å². The fourth-order valence-corrected chi connectivity index (χ4v) is 4.73. The molecule has 1 heterocycles. The molecule has 1 saturated heterocycles. The quantitative estimate of drug-likeness (QED) is 0.647.